The fourth-order valence-corrected chi connectivity index (χ4v) is 1.47. The SMILES string of the molecule is c1nncn1N=C1CCCCC1. The summed E-state index contributed by atoms with van der Waals surface area (Å²) in [5.74, 6) is 0. The van der Waals surface area contributed by atoms with Gasteiger partial charge in [-0.05, 0) is 25.7 Å². The van der Waals surface area contributed by atoms with Gasteiger partial charge < -0.3 is 0 Å². The van der Waals surface area contributed by atoms with Crippen molar-refractivity contribution in [3.05, 3.63) is 12.7 Å². The molecule has 1 heterocycles. The summed E-state index contributed by atoms with van der Waals surface area (Å²) >= 11 is 0. The second-order valence-electron chi connectivity index (χ2n) is 3.07. The van der Waals surface area contributed by atoms with Gasteiger partial charge in [0.15, 0.2) is 0 Å². The van der Waals surface area contributed by atoms with E-state index in [4.69, 9.17) is 0 Å². The molecule has 0 aromatic carbocycles. The first-order valence-corrected chi connectivity index (χ1v) is 4.36. The van der Waals surface area contributed by atoms with Crippen molar-refractivity contribution < 1.29 is 0 Å². The molecule has 2 rings (SSSR count). The molecule has 1 aliphatic rings. The minimum Gasteiger partial charge on any atom is -0.208 e. The normalized spacial score (nSPS) is 17.8. The van der Waals surface area contributed by atoms with Crippen molar-refractivity contribution in [3.63, 3.8) is 0 Å². The monoisotopic (exact) mass is 164 g/mol. The van der Waals surface area contributed by atoms with Crippen molar-refractivity contribution in [3.8, 4) is 0 Å². The summed E-state index contributed by atoms with van der Waals surface area (Å²) in [4.78, 5) is 0. The van der Waals surface area contributed by atoms with Gasteiger partial charge >= 0.3 is 0 Å². The topological polar surface area (TPSA) is 43.1 Å². The first-order chi connectivity index (χ1) is 5.95. The maximum absolute atomic E-state index is 4.39. The minimum absolute atomic E-state index is 1.14. The van der Waals surface area contributed by atoms with Crippen molar-refractivity contribution in [2.24, 2.45) is 5.10 Å². The van der Waals surface area contributed by atoms with Crippen molar-refractivity contribution in [1.82, 2.24) is 14.9 Å². The Morgan fingerprint density at radius 2 is 1.75 bits per heavy atom. The molecule has 1 aliphatic carbocycles. The van der Waals surface area contributed by atoms with E-state index in [1.165, 1.54) is 25.0 Å². The summed E-state index contributed by atoms with van der Waals surface area (Å²) in [5.41, 5.74) is 1.28. The van der Waals surface area contributed by atoms with Gasteiger partial charge in [0, 0.05) is 5.71 Å². The van der Waals surface area contributed by atoms with E-state index in [0.29, 0.717) is 0 Å². The second kappa shape index (κ2) is 3.47. The van der Waals surface area contributed by atoms with Gasteiger partial charge in [0.2, 0.25) is 0 Å². The van der Waals surface area contributed by atoms with Crippen molar-refractivity contribution in [2.75, 3.05) is 0 Å². The Labute approximate surface area is 71.3 Å². The van der Waals surface area contributed by atoms with Crippen LogP contribution in [0.4, 0.5) is 0 Å². The van der Waals surface area contributed by atoms with Crippen LogP contribution in [0.25, 0.3) is 0 Å². The Bertz CT molecular complexity index is 255. The summed E-state index contributed by atoms with van der Waals surface area (Å²) < 4.78 is 1.68. The molecule has 4 nitrogen and oxygen atoms in total. The third-order valence-corrected chi connectivity index (χ3v) is 2.09. The fraction of sp³-hybridized carbons (Fsp3) is 0.625. The highest BCUT2D eigenvalue weighted by atomic mass is 15.4. The molecular formula is C8H12N4. The van der Waals surface area contributed by atoms with E-state index >= 15 is 0 Å². The quantitative estimate of drug-likeness (QED) is 0.630. The number of aromatic nitrogens is 3. The van der Waals surface area contributed by atoms with Crippen molar-refractivity contribution >= 4 is 5.71 Å². The number of hydrogen-bond acceptors (Lipinski definition) is 3. The molecule has 64 valence electrons. The smallest absolute Gasteiger partial charge is 0.141 e. The molecule has 0 amide bonds. The van der Waals surface area contributed by atoms with Crippen molar-refractivity contribution in [2.45, 2.75) is 32.1 Å². The summed E-state index contributed by atoms with van der Waals surface area (Å²) in [6.45, 7) is 0. The summed E-state index contributed by atoms with van der Waals surface area (Å²) in [6.07, 6.45) is 9.43. The predicted molar refractivity (Wildman–Crippen MR) is 45.9 cm³/mol. The molecule has 0 atom stereocenters. The zero-order valence-corrected chi connectivity index (χ0v) is 6.98. The molecule has 0 bridgehead atoms. The van der Waals surface area contributed by atoms with Gasteiger partial charge in [0.25, 0.3) is 0 Å². The molecule has 1 aromatic rings. The largest absolute Gasteiger partial charge is 0.208 e. The summed E-state index contributed by atoms with van der Waals surface area (Å²) in [7, 11) is 0. The fourth-order valence-electron chi connectivity index (χ4n) is 1.47. The standard InChI is InChI=1S/C8H12N4/c1-2-4-8(5-3-1)11-12-6-9-10-7-12/h6-7H,1-5H2. The summed E-state index contributed by atoms with van der Waals surface area (Å²) in [5, 5.41) is 11.8. The molecule has 0 aliphatic heterocycles. The van der Waals surface area contributed by atoms with Crippen LogP contribution >= 0.6 is 0 Å². The molecular weight excluding hydrogens is 152 g/mol. The molecule has 1 fully saturated rings. The highest BCUT2D eigenvalue weighted by Gasteiger charge is 2.06. The lowest BCUT2D eigenvalue weighted by Crippen LogP contribution is -2.06. The molecule has 0 saturated heterocycles. The van der Waals surface area contributed by atoms with Crippen LogP contribution in [0.1, 0.15) is 32.1 Å². The van der Waals surface area contributed by atoms with Crippen LogP contribution in [0.3, 0.4) is 0 Å². The van der Waals surface area contributed by atoms with Crippen LogP contribution < -0.4 is 0 Å². The van der Waals surface area contributed by atoms with Gasteiger partial charge in [-0.1, -0.05) is 6.42 Å². The van der Waals surface area contributed by atoms with Gasteiger partial charge in [-0.3, -0.25) is 0 Å². The maximum atomic E-state index is 4.39. The first-order valence-electron chi connectivity index (χ1n) is 4.36. The van der Waals surface area contributed by atoms with Crippen LogP contribution in [0.15, 0.2) is 17.8 Å². The second-order valence-corrected chi connectivity index (χ2v) is 3.07. The number of rotatable bonds is 1. The number of nitrogens with zero attached hydrogens (tertiary/aromatic N) is 4. The number of hydrogen-bond donors (Lipinski definition) is 0. The zero-order valence-electron chi connectivity index (χ0n) is 6.98. The Morgan fingerprint density at radius 3 is 2.42 bits per heavy atom. The zero-order chi connectivity index (χ0) is 8.23. The average Bonchev–Trinajstić information content (AvgIpc) is 2.59. The van der Waals surface area contributed by atoms with Gasteiger partial charge in [0.05, 0.1) is 0 Å². The van der Waals surface area contributed by atoms with Crippen molar-refractivity contribution in [1.29, 1.82) is 0 Å². The molecule has 12 heavy (non-hydrogen) atoms. The highest BCUT2D eigenvalue weighted by molar-refractivity contribution is 5.84. The van der Waals surface area contributed by atoms with E-state index in [1.807, 2.05) is 0 Å². The van der Waals surface area contributed by atoms with Gasteiger partial charge in [-0.15, -0.1) is 10.2 Å². The van der Waals surface area contributed by atoms with Crippen LogP contribution in [-0.2, 0) is 0 Å². The molecule has 0 radical (unpaired) electrons. The lowest BCUT2D eigenvalue weighted by molar-refractivity contribution is 0.656. The molecule has 0 N–H and O–H groups in total. The Balaban J connectivity index is 2.07. The van der Waals surface area contributed by atoms with Gasteiger partial charge in [-0.2, -0.15) is 5.10 Å². The van der Waals surface area contributed by atoms with Crippen LogP contribution in [0, 0.1) is 0 Å². The lowest BCUT2D eigenvalue weighted by atomic mass is 9.99. The Hall–Kier alpha value is -1.19. The lowest BCUT2D eigenvalue weighted by Gasteiger charge is -2.11. The molecule has 1 saturated carbocycles. The van der Waals surface area contributed by atoms with E-state index in [-0.39, 0.29) is 0 Å². The third-order valence-electron chi connectivity index (χ3n) is 2.09. The highest BCUT2D eigenvalue weighted by Crippen LogP contribution is 2.14. The van der Waals surface area contributed by atoms with Crippen LogP contribution in [0.5, 0.6) is 0 Å². The van der Waals surface area contributed by atoms with Gasteiger partial charge in [0.1, 0.15) is 12.7 Å². The molecule has 1 aromatic heterocycles. The van der Waals surface area contributed by atoms with Gasteiger partial charge in [-0.25, -0.2) is 4.68 Å². The van der Waals surface area contributed by atoms with E-state index in [2.05, 4.69) is 15.3 Å². The Kier molecular flexibility index (Phi) is 2.16. The average molecular weight is 164 g/mol. The van der Waals surface area contributed by atoms with E-state index in [0.717, 1.165) is 12.8 Å². The minimum atomic E-state index is 1.14. The van der Waals surface area contributed by atoms with E-state index < -0.39 is 0 Å². The van der Waals surface area contributed by atoms with E-state index in [1.54, 1.807) is 17.3 Å². The maximum Gasteiger partial charge on any atom is 0.141 e. The molecule has 0 unspecified atom stereocenters. The third kappa shape index (κ3) is 1.69. The Morgan fingerprint density at radius 1 is 1.08 bits per heavy atom. The summed E-state index contributed by atoms with van der Waals surface area (Å²) in [6, 6.07) is 0. The van der Waals surface area contributed by atoms with E-state index in [9.17, 15) is 0 Å². The molecule has 0 spiro atoms. The van der Waals surface area contributed by atoms with Crippen LogP contribution in [-0.4, -0.2) is 20.6 Å². The molecule has 4 heteroatoms. The first kappa shape index (κ1) is 7.46. The predicted octanol–water partition coefficient (Wildman–Crippen LogP) is 1.45. The van der Waals surface area contributed by atoms with Crippen LogP contribution in [0.2, 0.25) is 0 Å².